The molecule has 0 radical (unpaired) electrons. The lowest BCUT2D eigenvalue weighted by Gasteiger charge is -2.09. The lowest BCUT2D eigenvalue weighted by Crippen LogP contribution is -2.26. The van der Waals surface area contributed by atoms with Crippen molar-refractivity contribution in [2.24, 2.45) is 5.73 Å². The van der Waals surface area contributed by atoms with Gasteiger partial charge in [-0.1, -0.05) is 54.6 Å². The average molecular weight is 269 g/mol. The molecule has 0 fully saturated rings. The minimum Gasteiger partial charge on any atom is -0.481 e. The number of rotatable bonds is 6. The quantitative estimate of drug-likeness (QED) is 0.847. The van der Waals surface area contributed by atoms with Crippen molar-refractivity contribution in [2.45, 2.75) is 25.3 Å². The van der Waals surface area contributed by atoms with E-state index in [2.05, 4.69) is 24.3 Å². The molecule has 0 heterocycles. The zero-order valence-corrected chi connectivity index (χ0v) is 11.3. The Morgan fingerprint density at radius 2 is 1.50 bits per heavy atom. The Kier molecular flexibility index (Phi) is 4.91. The van der Waals surface area contributed by atoms with E-state index in [0.717, 1.165) is 12.0 Å². The maximum atomic E-state index is 10.6. The van der Waals surface area contributed by atoms with Gasteiger partial charge in [0.15, 0.2) is 0 Å². The molecule has 2 rings (SSSR count). The Morgan fingerprint density at radius 1 is 0.950 bits per heavy atom. The number of hydrogen-bond acceptors (Lipinski definition) is 2. The third kappa shape index (κ3) is 4.52. The number of nitrogens with two attached hydrogens (primary N) is 1. The van der Waals surface area contributed by atoms with Crippen molar-refractivity contribution in [2.75, 3.05) is 0 Å². The molecule has 2 aromatic rings. The van der Waals surface area contributed by atoms with Gasteiger partial charge in [0.2, 0.25) is 0 Å². The normalized spacial score (nSPS) is 12.1. The van der Waals surface area contributed by atoms with Crippen molar-refractivity contribution < 1.29 is 9.90 Å². The van der Waals surface area contributed by atoms with Crippen LogP contribution in [0.5, 0.6) is 0 Å². The fourth-order valence-corrected chi connectivity index (χ4v) is 2.22. The molecule has 1 unspecified atom stereocenters. The SMILES string of the molecule is NC(CC(=O)O)Cc1ccc(Cc2ccccc2)cc1. The van der Waals surface area contributed by atoms with Crippen LogP contribution in [-0.2, 0) is 17.6 Å². The lowest BCUT2D eigenvalue weighted by molar-refractivity contribution is -0.137. The highest BCUT2D eigenvalue weighted by Crippen LogP contribution is 2.12. The predicted molar refractivity (Wildman–Crippen MR) is 79.6 cm³/mol. The van der Waals surface area contributed by atoms with Crippen LogP contribution in [0.3, 0.4) is 0 Å². The van der Waals surface area contributed by atoms with E-state index in [4.69, 9.17) is 10.8 Å². The number of benzene rings is 2. The van der Waals surface area contributed by atoms with Crippen molar-refractivity contribution in [3.8, 4) is 0 Å². The first-order chi connectivity index (χ1) is 9.63. The Morgan fingerprint density at radius 3 is 2.10 bits per heavy atom. The van der Waals surface area contributed by atoms with Crippen molar-refractivity contribution in [1.29, 1.82) is 0 Å². The molecule has 3 heteroatoms. The molecule has 0 amide bonds. The van der Waals surface area contributed by atoms with Crippen molar-refractivity contribution in [3.05, 3.63) is 71.3 Å². The minimum absolute atomic E-state index is 0.00572. The second kappa shape index (κ2) is 6.87. The molecule has 0 saturated carbocycles. The summed E-state index contributed by atoms with van der Waals surface area (Å²) in [7, 11) is 0. The summed E-state index contributed by atoms with van der Waals surface area (Å²) in [5.41, 5.74) is 9.39. The topological polar surface area (TPSA) is 63.3 Å². The van der Waals surface area contributed by atoms with E-state index in [0.29, 0.717) is 6.42 Å². The Balaban J connectivity index is 1.94. The molecule has 104 valence electrons. The van der Waals surface area contributed by atoms with Crippen LogP contribution >= 0.6 is 0 Å². The van der Waals surface area contributed by atoms with E-state index in [1.807, 2.05) is 30.3 Å². The summed E-state index contributed by atoms with van der Waals surface area (Å²) < 4.78 is 0. The van der Waals surface area contributed by atoms with E-state index in [-0.39, 0.29) is 12.5 Å². The van der Waals surface area contributed by atoms with Gasteiger partial charge in [0.25, 0.3) is 0 Å². The maximum Gasteiger partial charge on any atom is 0.304 e. The van der Waals surface area contributed by atoms with Crippen molar-refractivity contribution in [3.63, 3.8) is 0 Å². The highest BCUT2D eigenvalue weighted by Gasteiger charge is 2.08. The molecule has 2 aromatic carbocycles. The highest BCUT2D eigenvalue weighted by atomic mass is 16.4. The third-order valence-corrected chi connectivity index (χ3v) is 3.21. The van der Waals surface area contributed by atoms with Gasteiger partial charge in [0, 0.05) is 6.04 Å². The average Bonchev–Trinajstić information content (AvgIpc) is 2.41. The van der Waals surface area contributed by atoms with E-state index < -0.39 is 5.97 Å². The van der Waals surface area contributed by atoms with Gasteiger partial charge < -0.3 is 10.8 Å². The van der Waals surface area contributed by atoms with E-state index >= 15 is 0 Å². The molecule has 3 N–H and O–H groups in total. The molecule has 0 aromatic heterocycles. The molecule has 20 heavy (non-hydrogen) atoms. The van der Waals surface area contributed by atoms with Gasteiger partial charge >= 0.3 is 5.97 Å². The number of carboxylic acid groups (broad SMARTS) is 1. The predicted octanol–water partition coefficient (Wildman–Crippen LogP) is 2.62. The third-order valence-electron chi connectivity index (χ3n) is 3.21. The number of carbonyl (C=O) groups is 1. The molecule has 0 aliphatic heterocycles. The molecule has 0 bridgehead atoms. The molecule has 0 aliphatic rings. The summed E-state index contributed by atoms with van der Waals surface area (Å²) in [6.45, 7) is 0. The smallest absolute Gasteiger partial charge is 0.304 e. The van der Waals surface area contributed by atoms with Gasteiger partial charge in [0.1, 0.15) is 0 Å². The van der Waals surface area contributed by atoms with Crippen LogP contribution in [0, 0.1) is 0 Å². The lowest BCUT2D eigenvalue weighted by atomic mass is 10.00. The zero-order valence-electron chi connectivity index (χ0n) is 11.3. The van der Waals surface area contributed by atoms with Crippen LogP contribution < -0.4 is 5.73 Å². The standard InChI is InChI=1S/C17H19NO2/c18-16(12-17(19)20)11-15-8-6-14(7-9-15)10-13-4-2-1-3-5-13/h1-9,16H,10-12,18H2,(H,19,20). The molecule has 1 atom stereocenters. The largest absolute Gasteiger partial charge is 0.481 e. The van der Waals surface area contributed by atoms with Gasteiger partial charge in [-0.05, 0) is 29.5 Å². The molecule has 0 aliphatic carbocycles. The molecular formula is C17H19NO2. The second-order valence-corrected chi connectivity index (χ2v) is 5.04. The van der Waals surface area contributed by atoms with E-state index in [1.165, 1.54) is 11.1 Å². The number of hydrogen-bond donors (Lipinski definition) is 2. The number of carboxylic acids is 1. The summed E-state index contributed by atoms with van der Waals surface area (Å²) in [6, 6.07) is 18.2. The van der Waals surface area contributed by atoms with Gasteiger partial charge in [-0.15, -0.1) is 0 Å². The monoisotopic (exact) mass is 269 g/mol. The van der Waals surface area contributed by atoms with E-state index in [9.17, 15) is 4.79 Å². The van der Waals surface area contributed by atoms with Crippen molar-refractivity contribution >= 4 is 5.97 Å². The molecule has 3 nitrogen and oxygen atoms in total. The summed E-state index contributed by atoms with van der Waals surface area (Å²) in [5, 5.41) is 8.69. The zero-order chi connectivity index (χ0) is 14.4. The highest BCUT2D eigenvalue weighted by molar-refractivity contribution is 5.67. The fourth-order valence-electron chi connectivity index (χ4n) is 2.22. The first kappa shape index (κ1) is 14.3. The summed E-state index contributed by atoms with van der Waals surface area (Å²) in [6.07, 6.45) is 1.51. The summed E-state index contributed by atoms with van der Waals surface area (Å²) in [4.78, 5) is 10.6. The first-order valence-electron chi connectivity index (χ1n) is 6.72. The minimum atomic E-state index is -0.849. The summed E-state index contributed by atoms with van der Waals surface area (Å²) >= 11 is 0. The Bertz CT molecular complexity index is 549. The maximum absolute atomic E-state index is 10.6. The van der Waals surface area contributed by atoms with Crippen LogP contribution in [0.25, 0.3) is 0 Å². The van der Waals surface area contributed by atoms with Crippen molar-refractivity contribution in [1.82, 2.24) is 0 Å². The van der Waals surface area contributed by atoms with Crippen LogP contribution in [0.2, 0.25) is 0 Å². The van der Waals surface area contributed by atoms with Gasteiger partial charge in [-0.25, -0.2) is 0 Å². The Hall–Kier alpha value is -2.13. The second-order valence-electron chi connectivity index (χ2n) is 5.04. The Labute approximate surface area is 119 Å². The van der Waals surface area contributed by atoms with Crippen LogP contribution in [0.1, 0.15) is 23.1 Å². The van der Waals surface area contributed by atoms with E-state index in [1.54, 1.807) is 0 Å². The van der Waals surface area contributed by atoms with Gasteiger partial charge in [-0.2, -0.15) is 0 Å². The van der Waals surface area contributed by atoms with Crippen LogP contribution in [0.4, 0.5) is 0 Å². The van der Waals surface area contributed by atoms with Gasteiger partial charge in [-0.3, -0.25) is 4.79 Å². The fraction of sp³-hybridized carbons (Fsp3) is 0.235. The summed E-state index contributed by atoms with van der Waals surface area (Å²) in [5.74, 6) is -0.849. The van der Waals surface area contributed by atoms with Crippen LogP contribution in [0.15, 0.2) is 54.6 Å². The molecule has 0 saturated heterocycles. The first-order valence-corrected chi connectivity index (χ1v) is 6.72. The molecular weight excluding hydrogens is 250 g/mol. The van der Waals surface area contributed by atoms with Crippen LogP contribution in [-0.4, -0.2) is 17.1 Å². The molecule has 0 spiro atoms. The van der Waals surface area contributed by atoms with Gasteiger partial charge in [0.05, 0.1) is 6.42 Å². The number of aliphatic carboxylic acids is 1.